The van der Waals surface area contributed by atoms with Crippen LogP contribution in [0.25, 0.3) is 10.9 Å². The summed E-state index contributed by atoms with van der Waals surface area (Å²) in [6.45, 7) is 2.31. The molecule has 1 heterocycles. The van der Waals surface area contributed by atoms with Crippen molar-refractivity contribution in [3.05, 3.63) is 36.0 Å². The van der Waals surface area contributed by atoms with Gasteiger partial charge >= 0.3 is 0 Å². The first-order valence-corrected chi connectivity index (χ1v) is 7.84. The zero-order chi connectivity index (χ0) is 13.8. The van der Waals surface area contributed by atoms with E-state index < -0.39 is 10.8 Å². The summed E-state index contributed by atoms with van der Waals surface area (Å²) in [5.74, 6) is -0.0398. The van der Waals surface area contributed by atoms with Gasteiger partial charge in [0.05, 0.1) is 6.42 Å². The maximum absolute atomic E-state index is 11.9. The molecule has 0 spiro atoms. The highest BCUT2D eigenvalue weighted by Crippen LogP contribution is 2.17. The predicted octanol–water partition coefficient (Wildman–Crippen LogP) is 1.59. The first kappa shape index (κ1) is 13.8. The minimum atomic E-state index is -0.909. The van der Waals surface area contributed by atoms with Gasteiger partial charge in [0, 0.05) is 45.9 Å². The topological polar surface area (TPSA) is 62.0 Å². The lowest BCUT2D eigenvalue weighted by atomic mass is 10.1. The maximum atomic E-state index is 11.9. The van der Waals surface area contributed by atoms with Crippen molar-refractivity contribution in [1.82, 2.24) is 10.3 Å². The molecule has 19 heavy (non-hydrogen) atoms. The molecule has 0 saturated carbocycles. The summed E-state index contributed by atoms with van der Waals surface area (Å²) in [6, 6.07) is 7.90. The Bertz CT molecular complexity index is 606. The van der Waals surface area contributed by atoms with Crippen LogP contribution < -0.4 is 5.32 Å². The molecule has 1 aromatic heterocycles. The van der Waals surface area contributed by atoms with Gasteiger partial charge in [-0.3, -0.25) is 9.00 Å². The smallest absolute Gasteiger partial charge is 0.224 e. The summed E-state index contributed by atoms with van der Waals surface area (Å²) in [6.07, 6.45) is 3.86. The van der Waals surface area contributed by atoms with E-state index >= 15 is 0 Å². The van der Waals surface area contributed by atoms with Crippen LogP contribution in [0.1, 0.15) is 12.5 Å². The number of hydrogen-bond donors (Lipinski definition) is 2. The Balaban J connectivity index is 1.97. The molecule has 2 rings (SSSR count). The Morgan fingerprint density at radius 2 is 2.16 bits per heavy atom. The summed E-state index contributed by atoms with van der Waals surface area (Å²) in [7, 11) is -0.909. The molecule has 2 N–H and O–H groups in total. The molecule has 0 radical (unpaired) electrons. The third kappa shape index (κ3) is 3.44. The SMILES string of the molecule is CC(CNC(=O)Cc1c[nH]c2ccccc12)S(C)=O. The molecule has 2 aromatic rings. The van der Waals surface area contributed by atoms with Crippen LogP contribution in [-0.4, -0.2) is 33.2 Å². The molecule has 1 aromatic carbocycles. The molecular formula is C14H18N2O2S. The highest BCUT2D eigenvalue weighted by atomic mass is 32.2. The Morgan fingerprint density at radius 1 is 1.42 bits per heavy atom. The van der Waals surface area contributed by atoms with Gasteiger partial charge in [-0.2, -0.15) is 0 Å². The number of amides is 1. The zero-order valence-corrected chi connectivity index (χ0v) is 11.9. The van der Waals surface area contributed by atoms with Gasteiger partial charge in [-0.15, -0.1) is 0 Å². The minimum Gasteiger partial charge on any atom is -0.361 e. The second-order valence-corrected chi connectivity index (χ2v) is 6.45. The Labute approximate surface area is 115 Å². The third-order valence-electron chi connectivity index (χ3n) is 3.18. The largest absolute Gasteiger partial charge is 0.361 e. The van der Waals surface area contributed by atoms with Crippen molar-refractivity contribution in [1.29, 1.82) is 0 Å². The van der Waals surface area contributed by atoms with E-state index in [1.54, 1.807) is 6.26 Å². The molecule has 4 nitrogen and oxygen atoms in total. The minimum absolute atomic E-state index is 0.0214. The van der Waals surface area contributed by atoms with E-state index in [1.807, 2.05) is 37.4 Å². The van der Waals surface area contributed by atoms with Crippen molar-refractivity contribution in [3.63, 3.8) is 0 Å². The van der Waals surface area contributed by atoms with Crippen molar-refractivity contribution in [2.45, 2.75) is 18.6 Å². The van der Waals surface area contributed by atoms with E-state index in [0.717, 1.165) is 16.5 Å². The van der Waals surface area contributed by atoms with Gasteiger partial charge in [-0.05, 0) is 18.6 Å². The zero-order valence-electron chi connectivity index (χ0n) is 11.1. The van der Waals surface area contributed by atoms with E-state index in [2.05, 4.69) is 10.3 Å². The molecule has 102 valence electrons. The molecule has 0 aliphatic heterocycles. The number of fused-ring (bicyclic) bond motifs is 1. The maximum Gasteiger partial charge on any atom is 0.224 e. The number of carbonyl (C=O) groups is 1. The van der Waals surface area contributed by atoms with Crippen LogP contribution >= 0.6 is 0 Å². The van der Waals surface area contributed by atoms with Gasteiger partial charge in [-0.1, -0.05) is 18.2 Å². The van der Waals surface area contributed by atoms with Crippen LogP contribution in [0.3, 0.4) is 0 Å². The number of hydrogen-bond acceptors (Lipinski definition) is 2. The standard InChI is InChI=1S/C14H18N2O2S/c1-10(19(2)18)8-16-14(17)7-11-9-15-13-6-4-3-5-12(11)13/h3-6,9-10,15H,7-8H2,1-2H3,(H,16,17). The van der Waals surface area contributed by atoms with E-state index in [0.29, 0.717) is 13.0 Å². The van der Waals surface area contributed by atoms with Crippen LogP contribution in [0, 0.1) is 0 Å². The fourth-order valence-electron chi connectivity index (χ4n) is 1.89. The predicted molar refractivity (Wildman–Crippen MR) is 78.5 cm³/mol. The van der Waals surface area contributed by atoms with Crippen molar-refractivity contribution in [2.24, 2.45) is 0 Å². The number of H-pyrrole nitrogens is 1. The number of nitrogens with one attached hydrogen (secondary N) is 2. The summed E-state index contributed by atoms with van der Waals surface area (Å²) in [4.78, 5) is 15.0. The third-order valence-corrected chi connectivity index (χ3v) is 4.48. The lowest BCUT2D eigenvalue weighted by Crippen LogP contribution is -2.33. The van der Waals surface area contributed by atoms with Gasteiger partial charge in [0.1, 0.15) is 0 Å². The van der Waals surface area contributed by atoms with E-state index in [-0.39, 0.29) is 11.2 Å². The van der Waals surface area contributed by atoms with E-state index in [4.69, 9.17) is 0 Å². The molecule has 1 amide bonds. The van der Waals surface area contributed by atoms with Crippen LogP contribution in [-0.2, 0) is 22.0 Å². The summed E-state index contributed by atoms with van der Waals surface area (Å²) < 4.78 is 11.2. The molecule has 2 atom stereocenters. The second-order valence-electron chi connectivity index (χ2n) is 4.65. The van der Waals surface area contributed by atoms with Gasteiger partial charge in [0.2, 0.25) is 5.91 Å². The number of benzene rings is 1. The lowest BCUT2D eigenvalue weighted by Gasteiger charge is -2.09. The van der Waals surface area contributed by atoms with E-state index in [9.17, 15) is 9.00 Å². The Kier molecular flexibility index (Phi) is 4.37. The summed E-state index contributed by atoms with van der Waals surface area (Å²) >= 11 is 0. The van der Waals surface area contributed by atoms with Crippen LogP contribution in [0.5, 0.6) is 0 Å². The number of aromatic amines is 1. The molecular weight excluding hydrogens is 260 g/mol. The normalized spacial score (nSPS) is 14.2. The Hall–Kier alpha value is -1.62. The van der Waals surface area contributed by atoms with Gasteiger partial charge in [0.15, 0.2) is 0 Å². The van der Waals surface area contributed by atoms with Crippen molar-refractivity contribution in [2.75, 3.05) is 12.8 Å². The van der Waals surface area contributed by atoms with Gasteiger partial charge in [-0.25, -0.2) is 0 Å². The summed E-state index contributed by atoms with van der Waals surface area (Å²) in [5.41, 5.74) is 2.02. The van der Waals surface area contributed by atoms with Crippen LogP contribution in [0.15, 0.2) is 30.5 Å². The fourth-order valence-corrected chi connectivity index (χ4v) is 2.21. The highest BCUT2D eigenvalue weighted by Gasteiger charge is 2.11. The lowest BCUT2D eigenvalue weighted by molar-refractivity contribution is -0.120. The van der Waals surface area contributed by atoms with Gasteiger partial charge in [0.25, 0.3) is 0 Å². The van der Waals surface area contributed by atoms with Crippen LogP contribution in [0.4, 0.5) is 0 Å². The molecule has 5 heteroatoms. The highest BCUT2D eigenvalue weighted by molar-refractivity contribution is 7.84. The number of aromatic nitrogens is 1. The van der Waals surface area contributed by atoms with E-state index in [1.165, 1.54) is 0 Å². The first-order chi connectivity index (χ1) is 9.08. The molecule has 2 unspecified atom stereocenters. The molecule has 0 fully saturated rings. The van der Waals surface area contributed by atoms with Crippen molar-refractivity contribution >= 4 is 27.6 Å². The first-order valence-electron chi connectivity index (χ1n) is 6.22. The quantitative estimate of drug-likeness (QED) is 0.872. The second kappa shape index (κ2) is 6.02. The molecule has 0 aliphatic carbocycles. The monoisotopic (exact) mass is 278 g/mol. The average molecular weight is 278 g/mol. The number of carbonyl (C=O) groups excluding carboxylic acids is 1. The van der Waals surface area contributed by atoms with Crippen molar-refractivity contribution in [3.8, 4) is 0 Å². The molecule has 0 bridgehead atoms. The average Bonchev–Trinajstić information content (AvgIpc) is 2.79. The summed E-state index contributed by atoms with van der Waals surface area (Å²) in [5, 5.41) is 3.87. The molecule has 0 aliphatic rings. The number of para-hydroxylation sites is 1. The fraction of sp³-hybridized carbons (Fsp3) is 0.357. The van der Waals surface area contributed by atoms with Crippen LogP contribution in [0.2, 0.25) is 0 Å². The van der Waals surface area contributed by atoms with Crippen molar-refractivity contribution < 1.29 is 9.00 Å². The molecule has 0 saturated heterocycles. The Morgan fingerprint density at radius 3 is 2.89 bits per heavy atom. The number of rotatable bonds is 5. The van der Waals surface area contributed by atoms with Gasteiger partial charge < -0.3 is 10.3 Å².